The van der Waals surface area contributed by atoms with Gasteiger partial charge in [0.15, 0.2) is 0 Å². The highest BCUT2D eigenvalue weighted by Gasteiger charge is 2.20. The van der Waals surface area contributed by atoms with Gasteiger partial charge in [-0.3, -0.25) is 4.90 Å². The molecule has 0 amide bonds. The number of aliphatic hydroxyl groups is 1. The van der Waals surface area contributed by atoms with E-state index in [9.17, 15) is 5.11 Å². The third-order valence-electron chi connectivity index (χ3n) is 3.90. The van der Waals surface area contributed by atoms with E-state index >= 15 is 0 Å². The van der Waals surface area contributed by atoms with Gasteiger partial charge in [0, 0.05) is 44.1 Å². The first kappa shape index (κ1) is 17.9. The molecule has 0 saturated carbocycles. The Labute approximate surface area is 138 Å². The van der Waals surface area contributed by atoms with Crippen molar-refractivity contribution in [3.8, 4) is 0 Å². The molecule has 0 radical (unpaired) electrons. The monoisotopic (exact) mass is 326 g/mol. The summed E-state index contributed by atoms with van der Waals surface area (Å²) < 4.78 is 5.65. The largest absolute Gasteiger partial charge is 0.389 e. The fourth-order valence-corrected chi connectivity index (χ4v) is 3.31. The van der Waals surface area contributed by atoms with E-state index in [0.29, 0.717) is 6.61 Å². The van der Waals surface area contributed by atoms with Crippen LogP contribution in [0.3, 0.4) is 0 Å². The van der Waals surface area contributed by atoms with Crippen LogP contribution in [0, 0.1) is 0 Å². The lowest BCUT2D eigenvalue weighted by atomic mass is 10.2. The minimum absolute atomic E-state index is 0.179. The molecule has 2 heterocycles. The molecule has 0 aromatic carbocycles. The Kier molecular flexibility index (Phi) is 6.84. The topological polar surface area (TPSA) is 35.9 Å². The summed E-state index contributed by atoms with van der Waals surface area (Å²) in [5, 5.41) is 12.2. The smallest absolute Gasteiger partial charge is 0.0900 e. The molecule has 4 nitrogen and oxygen atoms in total. The summed E-state index contributed by atoms with van der Waals surface area (Å²) in [6, 6.07) is 4.34. The fourth-order valence-electron chi connectivity index (χ4n) is 2.62. The number of thiophene rings is 1. The number of nitrogens with zero attached hydrogens (tertiary/aromatic N) is 2. The maximum atomic E-state index is 10.1. The lowest BCUT2D eigenvalue weighted by molar-refractivity contribution is -0.0585. The zero-order valence-electron chi connectivity index (χ0n) is 14.1. The van der Waals surface area contributed by atoms with Crippen LogP contribution in [-0.4, -0.2) is 72.5 Å². The van der Waals surface area contributed by atoms with Crippen LogP contribution in [0.25, 0.3) is 0 Å². The van der Waals surface area contributed by atoms with E-state index < -0.39 is 6.10 Å². The molecule has 1 N–H and O–H groups in total. The van der Waals surface area contributed by atoms with E-state index in [1.807, 2.05) is 32.1 Å². The molecule has 1 aliphatic heterocycles. The van der Waals surface area contributed by atoms with Crippen molar-refractivity contribution in [3.05, 3.63) is 22.4 Å². The zero-order valence-corrected chi connectivity index (χ0v) is 14.9. The Morgan fingerprint density at radius 3 is 2.50 bits per heavy atom. The first-order valence-electron chi connectivity index (χ1n) is 8.21. The highest BCUT2D eigenvalue weighted by molar-refractivity contribution is 7.09. The average molecular weight is 327 g/mol. The lowest BCUT2D eigenvalue weighted by Crippen LogP contribution is -2.49. The minimum Gasteiger partial charge on any atom is -0.389 e. The van der Waals surface area contributed by atoms with Crippen molar-refractivity contribution < 1.29 is 9.84 Å². The standard InChI is InChI=1S/C17H30N2O2S/c1-17(2,3)21-14-15(20)13-19-10-8-18(9-11-19)7-6-16-5-4-12-22-16/h4-5,12,15,20H,6-11,13-14H2,1-3H3. The highest BCUT2D eigenvalue weighted by Crippen LogP contribution is 2.12. The van der Waals surface area contributed by atoms with Gasteiger partial charge in [0.2, 0.25) is 0 Å². The van der Waals surface area contributed by atoms with E-state index in [4.69, 9.17) is 4.74 Å². The Bertz CT molecular complexity index is 409. The number of rotatable bonds is 7. The quantitative estimate of drug-likeness (QED) is 0.832. The summed E-state index contributed by atoms with van der Waals surface area (Å²) in [5.74, 6) is 0. The van der Waals surface area contributed by atoms with Crippen molar-refractivity contribution in [2.45, 2.75) is 38.9 Å². The maximum absolute atomic E-state index is 10.1. The SMILES string of the molecule is CC(C)(C)OCC(O)CN1CCN(CCc2cccs2)CC1. The number of hydrogen-bond acceptors (Lipinski definition) is 5. The Morgan fingerprint density at radius 1 is 1.23 bits per heavy atom. The van der Waals surface area contributed by atoms with Crippen LogP contribution in [0.5, 0.6) is 0 Å². The summed E-state index contributed by atoms with van der Waals surface area (Å²) in [4.78, 5) is 6.34. The van der Waals surface area contributed by atoms with E-state index in [1.54, 1.807) is 0 Å². The molecule has 1 aromatic rings. The molecule has 2 rings (SSSR count). The highest BCUT2D eigenvalue weighted by atomic mass is 32.1. The molecule has 1 unspecified atom stereocenters. The summed E-state index contributed by atoms with van der Waals surface area (Å²) in [6.07, 6.45) is 0.761. The van der Waals surface area contributed by atoms with Crippen LogP contribution < -0.4 is 0 Å². The first-order valence-corrected chi connectivity index (χ1v) is 9.09. The predicted octanol–water partition coefficient (Wildman–Crippen LogP) is 2.08. The van der Waals surface area contributed by atoms with Crippen molar-refractivity contribution >= 4 is 11.3 Å². The van der Waals surface area contributed by atoms with Crippen molar-refractivity contribution in [2.24, 2.45) is 0 Å². The first-order chi connectivity index (χ1) is 10.4. The summed E-state index contributed by atoms with van der Waals surface area (Å²) in [6.45, 7) is 12.6. The molecule has 0 spiro atoms. The van der Waals surface area contributed by atoms with Crippen molar-refractivity contribution in [1.29, 1.82) is 0 Å². The second-order valence-electron chi connectivity index (χ2n) is 7.05. The van der Waals surface area contributed by atoms with Crippen molar-refractivity contribution in [1.82, 2.24) is 9.80 Å². The normalized spacial score (nSPS) is 19.5. The molecule has 1 aromatic heterocycles. The fraction of sp³-hybridized carbons (Fsp3) is 0.765. The molecule has 0 bridgehead atoms. The van der Waals surface area contributed by atoms with E-state index in [0.717, 1.165) is 45.7 Å². The number of hydrogen-bond donors (Lipinski definition) is 1. The summed E-state index contributed by atoms with van der Waals surface area (Å²) in [7, 11) is 0. The van der Waals surface area contributed by atoms with Gasteiger partial charge < -0.3 is 14.7 Å². The van der Waals surface area contributed by atoms with Gasteiger partial charge in [-0.2, -0.15) is 0 Å². The van der Waals surface area contributed by atoms with E-state index in [-0.39, 0.29) is 5.60 Å². The number of ether oxygens (including phenoxy) is 1. The molecule has 1 atom stereocenters. The van der Waals surface area contributed by atoms with Crippen LogP contribution in [0.15, 0.2) is 17.5 Å². The number of β-amino-alcohol motifs (C(OH)–C–C–N with tert-alkyl or cyclic N) is 1. The lowest BCUT2D eigenvalue weighted by Gasteiger charge is -2.35. The Morgan fingerprint density at radius 2 is 1.91 bits per heavy atom. The molecule has 5 heteroatoms. The van der Waals surface area contributed by atoms with Gasteiger partial charge in [-0.15, -0.1) is 11.3 Å². The minimum atomic E-state index is -0.392. The molecule has 1 aliphatic rings. The van der Waals surface area contributed by atoms with Crippen LogP contribution in [0.4, 0.5) is 0 Å². The second-order valence-corrected chi connectivity index (χ2v) is 8.08. The Hall–Kier alpha value is -0.460. The molecule has 1 saturated heterocycles. The molecular formula is C17H30N2O2S. The second kappa shape index (κ2) is 8.41. The molecule has 0 aliphatic carbocycles. The zero-order chi connectivity index (χ0) is 16.0. The van der Waals surface area contributed by atoms with Crippen LogP contribution in [0.1, 0.15) is 25.6 Å². The molecule has 1 fully saturated rings. The van der Waals surface area contributed by atoms with E-state index in [1.165, 1.54) is 4.88 Å². The van der Waals surface area contributed by atoms with Gasteiger partial charge in [0.05, 0.1) is 18.3 Å². The number of aliphatic hydroxyl groups excluding tert-OH is 1. The molecule has 126 valence electrons. The predicted molar refractivity (Wildman–Crippen MR) is 92.6 cm³/mol. The van der Waals surface area contributed by atoms with Gasteiger partial charge in [-0.1, -0.05) is 6.07 Å². The number of piperazine rings is 1. The van der Waals surface area contributed by atoms with Crippen molar-refractivity contribution in [2.75, 3.05) is 45.9 Å². The summed E-state index contributed by atoms with van der Waals surface area (Å²) >= 11 is 1.84. The average Bonchev–Trinajstić information content (AvgIpc) is 2.97. The van der Waals surface area contributed by atoms with Crippen LogP contribution >= 0.6 is 11.3 Å². The third kappa shape index (κ3) is 6.75. The third-order valence-corrected chi connectivity index (χ3v) is 4.83. The van der Waals surface area contributed by atoms with Crippen molar-refractivity contribution in [3.63, 3.8) is 0 Å². The van der Waals surface area contributed by atoms with Gasteiger partial charge in [0.25, 0.3) is 0 Å². The van der Waals surface area contributed by atoms with Crippen LogP contribution in [-0.2, 0) is 11.2 Å². The summed E-state index contributed by atoms with van der Waals surface area (Å²) in [5.41, 5.74) is -0.179. The van der Waals surface area contributed by atoms with Gasteiger partial charge in [-0.05, 0) is 38.6 Å². The Balaban J connectivity index is 1.60. The van der Waals surface area contributed by atoms with Gasteiger partial charge in [-0.25, -0.2) is 0 Å². The van der Waals surface area contributed by atoms with Gasteiger partial charge >= 0.3 is 0 Å². The molecular weight excluding hydrogens is 296 g/mol. The maximum Gasteiger partial charge on any atom is 0.0900 e. The van der Waals surface area contributed by atoms with Crippen LogP contribution in [0.2, 0.25) is 0 Å². The molecule has 22 heavy (non-hydrogen) atoms. The van der Waals surface area contributed by atoms with E-state index in [2.05, 4.69) is 27.3 Å². The van der Waals surface area contributed by atoms with Gasteiger partial charge in [0.1, 0.15) is 0 Å².